The van der Waals surface area contributed by atoms with Crippen molar-refractivity contribution in [1.29, 1.82) is 0 Å². The molecule has 0 saturated carbocycles. The van der Waals surface area contributed by atoms with Crippen LogP contribution in [0, 0.1) is 0 Å². The van der Waals surface area contributed by atoms with E-state index in [1.807, 2.05) is 58.9 Å². The molecule has 5 heterocycles. The summed E-state index contributed by atoms with van der Waals surface area (Å²) in [4.78, 5) is 16.0. The first-order valence-corrected chi connectivity index (χ1v) is 19.1. The fourth-order valence-electron chi connectivity index (χ4n) is 7.34. The second-order valence-electron chi connectivity index (χ2n) is 15.3. The molecule has 5 aromatic rings. The lowest BCUT2D eigenvalue weighted by molar-refractivity contribution is 0.171. The molecule has 0 unspecified atom stereocenters. The molecule has 1 aromatic carbocycles. The first kappa shape index (κ1) is 36.4. The van der Waals surface area contributed by atoms with Crippen molar-refractivity contribution in [2.75, 3.05) is 43.4 Å². The van der Waals surface area contributed by atoms with Gasteiger partial charge in [-0.3, -0.25) is 14.4 Å². The van der Waals surface area contributed by atoms with Gasteiger partial charge in [0.1, 0.15) is 23.4 Å². The molecule has 1 fully saturated rings. The van der Waals surface area contributed by atoms with E-state index in [2.05, 4.69) is 81.3 Å². The van der Waals surface area contributed by atoms with E-state index in [0.717, 1.165) is 105 Å². The number of pyridine rings is 1. The van der Waals surface area contributed by atoms with E-state index in [1.165, 1.54) is 6.42 Å². The molecule has 4 N–H and O–H groups in total. The van der Waals surface area contributed by atoms with Crippen molar-refractivity contribution < 1.29 is 9.53 Å². The van der Waals surface area contributed by atoms with Gasteiger partial charge in [-0.2, -0.15) is 10.2 Å². The number of amides is 2. The van der Waals surface area contributed by atoms with Gasteiger partial charge in [-0.05, 0) is 82.3 Å². The van der Waals surface area contributed by atoms with Crippen LogP contribution in [-0.4, -0.2) is 79.5 Å². The maximum atomic E-state index is 13.7. The van der Waals surface area contributed by atoms with E-state index in [1.54, 1.807) is 10.9 Å². The van der Waals surface area contributed by atoms with Crippen LogP contribution in [0.25, 0.3) is 11.3 Å². The minimum absolute atomic E-state index is 0.157. The van der Waals surface area contributed by atoms with E-state index >= 15 is 0 Å². The molecule has 4 aromatic heterocycles. The van der Waals surface area contributed by atoms with Crippen LogP contribution >= 0.6 is 0 Å². The van der Waals surface area contributed by atoms with Crippen molar-refractivity contribution in [3.05, 3.63) is 77.9 Å². The number of hydrogen-bond acceptors (Lipinski definition) is 9. The summed E-state index contributed by atoms with van der Waals surface area (Å²) < 4.78 is 12.4. The fourth-order valence-corrected chi connectivity index (χ4v) is 7.34. The Balaban J connectivity index is 1.03. The number of nitrogens with zero attached hydrogens (tertiary/aromatic N) is 8. The van der Waals surface area contributed by atoms with Gasteiger partial charge in [0.25, 0.3) is 0 Å². The number of anilines is 2. The number of likely N-dealkylation sites (N-methyl/N-ethyl adjacent to an activating group) is 1. The summed E-state index contributed by atoms with van der Waals surface area (Å²) >= 11 is 0. The molecule has 0 radical (unpaired) electrons. The van der Waals surface area contributed by atoms with Crippen LogP contribution in [0.2, 0.25) is 0 Å². The van der Waals surface area contributed by atoms with E-state index in [9.17, 15) is 4.79 Å². The number of aryl methyl sites for hydroxylation is 1. The van der Waals surface area contributed by atoms with Crippen LogP contribution < -0.4 is 30.9 Å². The number of piperidine rings is 1. The largest absolute Gasteiger partial charge is 0.484 e. The van der Waals surface area contributed by atoms with Gasteiger partial charge in [0.15, 0.2) is 5.65 Å². The van der Waals surface area contributed by atoms with Crippen LogP contribution in [0.4, 0.5) is 16.6 Å². The van der Waals surface area contributed by atoms with Crippen molar-refractivity contribution >= 4 is 23.4 Å². The zero-order valence-electron chi connectivity index (χ0n) is 31.7. The lowest BCUT2D eigenvalue weighted by Crippen LogP contribution is -2.38. The molecule has 53 heavy (non-hydrogen) atoms. The van der Waals surface area contributed by atoms with Gasteiger partial charge in [-0.25, -0.2) is 9.48 Å². The Morgan fingerprint density at radius 1 is 0.981 bits per heavy atom. The average Bonchev–Trinajstić information content (AvgIpc) is 3.90. The Morgan fingerprint density at radius 2 is 1.83 bits per heavy atom. The Labute approximate surface area is 311 Å². The minimum Gasteiger partial charge on any atom is -0.484 e. The highest BCUT2D eigenvalue weighted by atomic mass is 16.5. The predicted octanol–water partition coefficient (Wildman–Crippen LogP) is 5.76. The Bertz CT molecular complexity index is 1990. The van der Waals surface area contributed by atoms with E-state index < -0.39 is 0 Å². The maximum Gasteiger partial charge on any atom is 0.320 e. The van der Waals surface area contributed by atoms with Gasteiger partial charge >= 0.3 is 6.03 Å². The Hall–Kier alpha value is -4.95. The lowest BCUT2D eigenvalue weighted by Gasteiger charge is -2.33. The number of benzene rings is 1. The van der Waals surface area contributed by atoms with E-state index in [0.29, 0.717) is 11.9 Å². The topological polar surface area (TPSA) is 143 Å². The molecule has 2 amide bonds. The third-order valence-corrected chi connectivity index (χ3v) is 10.3. The maximum absolute atomic E-state index is 13.7. The average molecular weight is 723 g/mol. The van der Waals surface area contributed by atoms with Crippen LogP contribution in [0.5, 0.6) is 5.75 Å². The summed E-state index contributed by atoms with van der Waals surface area (Å²) in [6, 6.07) is 14.1. The van der Waals surface area contributed by atoms with Gasteiger partial charge in [0.2, 0.25) is 5.95 Å². The summed E-state index contributed by atoms with van der Waals surface area (Å²) in [5.41, 5.74) is 4.39. The van der Waals surface area contributed by atoms with Crippen molar-refractivity contribution in [1.82, 2.24) is 50.1 Å². The lowest BCUT2D eigenvalue weighted by atomic mass is 9.85. The second-order valence-corrected chi connectivity index (χ2v) is 15.3. The smallest absolute Gasteiger partial charge is 0.320 e. The van der Waals surface area contributed by atoms with Crippen molar-refractivity contribution in [2.24, 2.45) is 0 Å². The predicted molar refractivity (Wildman–Crippen MR) is 207 cm³/mol. The molecule has 14 nitrogen and oxygen atoms in total. The standard InChI is InChI=1S/C39H54N12O2/c1-27-11-8-9-22-49(27)38-46-45-35-17-14-29(26-50(35)38)53-33-16-15-32(30-12-6-7-13-31(30)33)43-37(52)44-36-23-34(39(2,3)4)47-51(36)28-24-42-48(25-28)21-10-18-41-20-19-40-5/h6-7,12-14,17,23-27,32-33,40-41H,8-11,15-16,18-22H2,1-5H3,(H2,43,44,52)/t27-,32-,33+/m0/s1. The molecule has 7 rings (SSSR count). The van der Waals surface area contributed by atoms with Gasteiger partial charge in [-0.15, -0.1) is 10.2 Å². The number of aromatic nitrogens is 7. The summed E-state index contributed by atoms with van der Waals surface area (Å²) in [5.74, 6) is 2.22. The number of carbonyl (C=O) groups is 1. The molecule has 14 heteroatoms. The summed E-state index contributed by atoms with van der Waals surface area (Å²) in [6.45, 7) is 13.1. The van der Waals surface area contributed by atoms with Gasteiger partial charge < -0.3 is 25.6 Å². The first-order valence-electron chi connectivity index (χ1n) is 19.1. The molecule has 2 aliphatic rings. The number of nitrogens with one attached hydrogen (secondary N) is 4. The number of carbonyl (C=O) groups excluding carboxylic acids is 1. The number of urea groups is 1. The molecule has 1 aliphatic heterocycles. The highest BCUT2D eigenvalue weighted by Gasteiger charge is 2.31. The molecular weight excluding hydrogens is 669 g/mol. The van der Waals surface area contributed by atoms with E-state index in [-0.39, 0.29) is 23.6 Å². The molecule has 1 saturated heterocycles. The molecule has 1 aliphatic carbocycles. The van der Waals surface area contributed by atoms with Crippen molar-refractivity contribution in [3.63, 3.8) is 0 Å². The van der Waals surface area contributed by atoms with Crippen LogP contribution in [-0.2, 0) is 12.0 Å². The third-order valence-electron chi connectivity index (χ3n) is 10.3. The number of fused-ring (bicyclic) bond motifs is 2. The second kappa shape index (κ2) is 16.0. The first-order chi connectivity index (χ1) is 25.7. The molecule has 0 spiro atoms. The number of hydrogen-bond donors (Lipinski definition) is 4. The molecular formula is C39H54N12O2. The fraction of sp³-hybridized carbons (Fsp3) is 0.513. The van der Waals surface area contributed by atoms with E-state index in [4.69, 9.17) is 9.84 Å². The Kier molecular flexibility index (Phi) is 11.0. The van der Waals surface area contributed by atoms with Gasteiger partial charge in [0.05, 0.1) is 30.3 Å². The highest BCUT2D eigenvalue weighted by molar-refractivity contribution is 5.89. The highest BCUT2D eigenvalue weighted by Crippen LogP contribution is 2.39. The molecule has 282 valence electrons. The number of ether oxygens (including phenoxy) is 1. The van der Waals surface area contributed by atoms with Crippen molar-refractivity contribution in [3.8, 4) is 11.4 Å². The summed E-state index contributed by atoms with van der Waals surface area (Å²) in [5, 5.41) is 31.4. The van der Waals surface area contributed by atoms with Crippen LogP contribution in [0.15, 0.2) is 61.1 Å². The van der Waals surface area contributed by atoms with Gasteiger partial charge in [-0.1, -0.05) is 45.0 Å². The zero-order valence-corrected chi connectivity index (χ0v) is 31.7. The molecule has 3 atom stereocenters. The summed E-state index contributed by atoms with van der Waals surface area (Å²) in [6.07, 6.45) is 11.6. The van der Waals surface area contributed by atoms with Crippen LogP contribution in [0.1, 0.15) is 95.2 Å². The van der Waals surface area contributed by atoms with Crippen LogP contribution in [0.3, 0.4) is 0 Å². The third kappa shape index (κ3) is 8.33. The zero-order chi connectivity index (χ0) is 37.0. The quantitative estimate of drug-likeness (QED) is 0.112. The summed E-state index contributed by atoms with van der Waals surface area (Å²) in [7, 11) is 1.95. The molecule has 0 bridgehead atoms. The monoisotopic (exact) mass is 722 g/mol. The number of rotatable bonds is 13. The SMILES string of the molecule is CNCCNCCCn1cc(-n2nc(C(C)(C)C)cc2NC(=O)N[C@H]2CC[C@@H](Oc3ccc4nnc(N5CCCC[C@@H]5C)n4c3)c3ccccc32)cn1. The normalized spacial score (nSPS) is 19.0. The minimum atomic E-state index is -0.289. The van der Waals surface area contributed by atoms with Crippen molar-refractivity contribution in [2.45, 2.75) is 96.4 Å². The Morgan fingerprint density at radius 3 is 2.64 bits per heavy atom. The van der Waals surface area contributed by atoms with Gasteiger partial charge in [0, 0.05) is 43.7 Å².